The summed E-state index contributed by atoms with van der Waals surface area (Å²) in [6.45, 7) is 2.04. The fourth-order valence-corrected chi connectivity index (χ4v) is 5.49. The molecule has 144 valence electrons. The van der Waals surface area contributed by atoms with Crippen LogP contribution < -0.4 is 4.90 Å². The molecule has 0 saturated carbocycles. The van der Waals surface area contributed by atoms with Crippen LogP contribution in [0, 0.1) is 10.8 Å². The minimum absolute atomic E-state index is 0.0142. The molecule has 0 radical (unpaired) electrons. The molecule has 3 aliphatic rings. The van der Waals surface area contributed by atoms with Crippen LogP contribution >= 0.6 is 15.9 Å². The van der Waals surface area contributed by atoms with E-state index in [1.165, 1.54) is 0 Å². The van der Waals surface area contributed by atoms with Crippen LogP contribution in [0.2, 0.25) is 0 Å². The Hall–Kier alpha value is -2.72. The zero-order chi connectivity index (χ0) is 20.4. The van der Waals surface area contributed by atoms with E-state index >= 15 is 0 Å². The van der Waals surface area contributed by atoms with Crippen molar-refractivity contribution in [1.29, 1.82) is 0 Å². The number of hydrogen-bond acceptors (Lipinski definition) is 2. The number of benzene rings is 2. The Labute approximate surface area is 178 Å². The molecule has 0 bridgehead atoms. The second-order valence-corrected chi connectivity index (χ2v) is 9.17. The van der Waals surface area contributed by atoms with Crippen molar-refractivity contribution in [1.82, 2.24) is 0 Å². The summed E-state index contributed by atoms with van der Waals surface area (Å²) >= 11 is 3.52. The van der Waals surface area contributed by atoms with Gasteiger partial charge in [-0.1, -0.05) is 58.4 Å². The highest BCUT2D eigenvalue weighted by atomic mass is 79.9. The molecule has 0 N–H and O–H groups in total. The molecule has 4 heteroatoms. The highest BCUT2D eigenvalue weighted by Crippen LogP contribution is 2.65. The van der Waals surface area contributed by atoms with Crippen molar-refractivity contribution >= 4 is 44.5 Å². The Morgan fingerprint density at radius 3 is 2.28 bits per heavy atom. The van der Waals surface area contributed by atoms with E-state index in [0.717, 1.165) is 32.4 Å². The minimum atomic E-state index is -0.666. The summed E-state index contributed by atoms with van der Waals surface area (Å²) in [6, 6.07) is 16.3. The number of para-hydroxylation sites is 1. The lowest BCUT2D eigenvalue weighted by Gasteiger charge is -2.39. The Morgan fingerprint density at radius 2 is 1.59 bits per heavy atom. The van der Waals surface area contributed by atoms with Gasteiger partial charge in [-0.2, -0.15) is 0 Å². The number of allylic oxidation sites excluding steroid dienone is 5. The first-order valence-corrected chi connectivity index (χ1v) is 10.5. The van der Waals surface area contributed by atoms with E-state index in [2.05, 4.69) is 34.1 Å². The number of halogens is 1. The Kier molecular flexibility index (Phi) is 3.88. The van der Waals surface area contributed by atoms with E-state index in [-0.39, 0.29) is 11.7 Å². The molecule has 1 aliphatic heterocycles. The monoisotopic (exact) mass is 445 g/mol. The lowest BCUT2D eigenvalue weighted by molar-refractivity contribution is -0.125. The van der Waals surface area contributed by atoms with Crippen molar-refractivity contribution in [2.75, 3.05) is 11.9 Å². The van der Waals surface area contributed by atoms with E-state index < -0.39 is 10.8 Å². The molecule has 0 saturated heterocycles. The molecular formula is C25H20BrNO2. The molecule has 2 aromatic rings. The number of ketones is 1. The van der Waals surface area contributed by atoms with Gasteiger partial charge in [-0.3, -0.25) is 9.59 Å². The van der Waals surface area contributed by atoms with Crippen molar-refractivity contribution in [3.05, 3.63) is 88.4 Å². The molecule has 0 aromatic heterocycles. The number of hydrogen-bond donors (Lipinski definition) is 0. The largest absolute Gasteiger partial charge is 0.314 e. The summed E-state index contributed by atoms with van der Waals surface area (Å²) in [5, 5.41) is 0. The Balaban J connectivity index is 1.89. The summed E-state index contributed by atoms with van der Waals surface area (Å²) in [5.41, 5.74) is 4.12. The maximum atomic E-state index is 13.6. The van der Waals surface area contributed by atoms with Crippen molar-refractivity contribution < 1.29 is 9.59 Å². The summed E-state index contributed by atoms with van der Waals surface area (Å²) in [4.78, 5) is 27.3. The van der Waals surface area contributed by atoms with Gasteiger partial charge in [-0.25, -0.2) is 0 Å². The van der Waals surface area contributed by atoms with Crippen LogP contribution in [0.25, 0.3) is 11.1 Å². The second-order valence-electron chi connectivity index (χ2n) is 8.26. The fraction of sp³-hybridized carbons (Fsp3) is 0.200. The van der Waals surface area contributed by atoms with Gasteiger partial charge in [0.05, 0.1) is 11.1 Å². The first-order valence-electron chi connectivity index (χ1n) is 9.67. The van der Waals surface area contributed by atoms with E-state index in [1.807, 2.05) is 56.5 Å². The number of nitrogens with zero attached hydrogens (tertiary/aromatic N) is 1. The van der Waals surface area contributed by atoms with Gasteiger partial charge in [-0.05, 0) is 60.4 Å². The smallest absolute Gasteiger partial charge is 0.237 e. The number of rotatable bonds is 1. The summed E-state index contributed by atoms with van der Waals surface area (Å²) in [6.07, 6.45) is 7.86. The van der Waals surface area contributed by atoms with Crippen molar-refractivity contribution in [2.45, 2.75) is 13.3 Å². The van der Waals surface area contributed by atoms with Gasteiger partial charge in [-0.15, -0.1) is 0 Å². The fourth-order valence-electron chi connectivity index (χ4n) is 5.23. The van der Waals surface area contributed by atoms with Crippen LogP contribution in [0.3, 0.4) is 0 Å². The third-order valence-electron chi connectivity index (χ3n) is 6.45. The molecule has 0 fully saturated rings. The molecule has 2 aromatic carbocycles. The van der Waals surface area contributed by atoms with E-state index in [9.17, 15) is 9.59 Å². The van der Waals surface area contributed by atoms with Crippen LogP contribution in [0.1, 0.15) is 24.5 Å². The molecule has 1 amide bonds. The first kappa shape index (κ1) is 18.3. The summed E-state index contributed by atoms with van der Waals surface area (Å²) in [7, 11) is 1.85. The van der Waals surface area contributed by atoms with Crippen molar-refractivity contribution in [3.8, 4) is 0 Å². The number of anilines is 1. The average Bonchev–Trinajstić information content (AvgIpc) is 2.99. The average molecular weight is 446 g/mol. The topological polar surface area (TPSA) is 37.4 Å². The van der Waals surface area contributed by atoms with Gasteiger partial charge < -0.3 is 4.90 Å². The lowest BCUT2D eigenvalue weighted by Crippen LogP contribution is -2.44. The van der Waals surface area contributed by atoms with Crippen LogP contribution in [-0.4, -0.2) is 18.7 Å². The van der Waals surface area contributed by atoms with Crippen LogP contribution in [0.15, 0.2) is 77.3 Å². The number of carbonyl (C=O) groups is 2. The zero-order valence-corrected chi connectivity index (χ0v) is 17.9. The first-order chi connectivity index (χ1) is 13.9. The van der Waals surface area contributed by atoms with Crippen molar-refractivity contribution in [2.24, 2.45) is 10.8 Å². The van der Waals surface area contributed by atoms with E-state index in [1.54, 1.807) is 17.1 Å². The number of amides is 1. The molecule has 1 atom stereocenters. The predicted molar refractivity (Wildman–Crippen MR) is 119 cm³/mol. The molecule has 2 aliphatic carbocycles. The zero-order valence-electron chi connectivity index (χ0n) is 16.3. The van der Waals surface area contributed by atoms with Crippen LogP contribution in [-0.2, 0) is 9.59 Å². The molecular weight excluding hydrogens is 426 g/mol. The van der Waals surface area contributed by atoms with Crippen molar-refractivity contribution in [3.63, 3.8) is 0 Å². The van der Waals surface area contributed by atoms with Gasteiger partial charge in [0.15, 0.2) is 5.78 Å². The third-order valence-corrected chi connectivity index (χ3v) is 6.98. The van der Waals surface area contributed by atoms with Gasteiger partial charge >= 0.3 is 0 Å². The second kappa shape index (κ2) is 6.14. The summed E-state index contributed by atoms with van der Waals surface area (Å²) in [5.74, 6) is 0.0797. The molecule has 5 rings (SSSR count). The quantitative estimate of drug-likeness (QED) is 0.586. The van der Waals surface area contributed by atoms with E-state index in [0.29, 0.717) is 6.42 Å². The number of carbonyl (C=O) groups excluding carboxylic acids is 2. The van der Waals surface area contributed by atoms with Gasteiger partial charge in [0, 0.05) is 22.5 Å². The Bertz CT molecular complexity index is 1140. The maximum absolute atomic E-state index is 13.6. The molecule has 3 nitrogen and oxygen atoms in total. The molecule has 29 heavy (non-hydrogen) atoms. The SMILES string of the molecule is CN1C(=O)C2(C)CC3(C=CC(=O)C=C3)C(c3ccc(Br)cc3)=C2c2ccccc21. The van der Waals surface area contributed by atoms with Gasteiger partial charge in [0.1, 0.15) is 0 Å². The standard InChI is InChI=1S/C25H20BrNO2/c1-24-15-25(13-11-18(28)12-14-25)21(16-7-9-17(26)10-8-16)22(24)19-5-3-4-6-20(19)27(2)23(24)29/h3-14H,15H2,1-2H3. The molecule has 1 heterocycles. The normalized spacial score (nSPS) is 24.3. The highest BCUT2D eigenvalue weighted by molar-refractivity contribution is 9.10. The molecule has 1 unspecified atom stereocenters. The van der Waals surface area contributed by atoms with E-state index in [4.69, 9.17) is 0 Å². The minimum Gasteiger partial charge on any atom is -0.314 e. The predicted octanol–water partition coefficient (Wildman–Crippen LogP) is 5.43. The van der Waals surface area contributed by atoms with Crippen LogP contribution in [0.4, 0.5) is 5.69 Å². The third kappa shape index (κ3) is 2.48. The van der Waals surface area contributed by atoms with Gasteiger partial charge in [0.2, 0.25) is 5.91 Å². The lowest BCUT2D eigenvalue weighted by atomic mass is 9.71. The van der Waals surface area contributed by atoms with Crippen LogP contribution in [0.5, 0.6) is 0 Å². The number of fused-ring (bicyclic) bond motifs is 3. The summed E-state index contributed by atoms with van der Waals surface area (Å²) < 4.78 is 1.01. The maximum Gasteiger partial charge on any atom is 0.237 e. The molecule has 1 spiro atoms. The highest BCUT2D eigenvalue weighted by Gasteiger charge is 2.57. The van der Waals surface area contributed by atoms with Gasteiger partial charge in [0.25, 0.3) is 0 Å². The Morgan fingerprint density at radius 1 is 0.931 bits per heavy atom.